The number of anilines is 2. The van der Waals surface area contributed by atoms with Gasteiger partial charge in [-0.05, 0) is 62.1 Å². The van der Waals surface area contributed by atoms with E-state index in [-0.39, 0.29) is 11.7 Å². The van der Waals surface area contributed by atoms with Crippen LogP contribution in [0.5, 0.6) is 0 Å². The van der Waals surface area contributed by atoms with Crippen molar-refractivity contribution in [3.8, 4) is 0 Å². The predicted octanol–water partition coefficient (Wildman–Crippen LogP) is 6.08. The van der Waals surface area contributed by atoms with Crippen molar-refractivity contribution in [2.24, 2.45) is 0 Å². The molecule has 1 aromatic heterocycles. The van der Waals surface area contributed by atoms with Crippen molar-refractivity contribution < 1.29 is 9.59 Å². The number of hydrogen-bond acceptors (Lipinski definition) is 4. The summed E-state index contributed by atoms with van der Waals surface area (Å²) in [5.41, 5.74) is 5.53. The Morgan fingerprint density at radius 2 is 1.94 bits per heavy atom. The Labute approximate surface area is 201 Å². The SMILES string of the molecule is Cc1ccc(NC(=O)c2cnn3c2NC2=C(C(=O)CCC2)[C@H]3c2ccc(Cl)cc2Cl)cc1C. The van der Waals surface area contributed by atoms with Gasteiger partial charge in [-0.15, -0.1) is 0 Å². The van der Waals surface area contributed by atoms with E-state index in [9.17, 15) is 9.59 Å². The fourth-order valence-corrected chi connectivity index (χ4v) is 4.96. The maximum Gasteiger partial charge on any atom is 0.261 e. The zero-order valence-electron chi connectivity index (χ0n) is 18.2. The molecule has 2 heterocycles. The highest BCUT2D eigenvalue weighted by molar-refractivity contribution is 6.35. The van der Waals surface area contributed by atoms with E-state index in [1.807, 2.05) is 38.1 Å². The molecule has 2 aliphatic rings. The summed E-state index contributed by atoms with van der Waals surface area (Å²) in [6.07, 6.45) is 3.47. The van der Waals surface area contributed by atoms with E-state index < -0.39 is 6.04 Å². The van der Waals surface area contributed by atoms with Crippen LogP contribution in [0.15, 0.2) is 53.9 Å². The second-order valence-corrected chi connectivity index (χ2v) is 9.31. The number of benzene rings is 2. The monoisotopic (exact) mass is 480 g/mol. The Morgan fingerprint density at radius 1 is 1.12 bits per heavy atom. The fourth-order valence-electron chi connectivity index (χ4n) is 4.45. The van der Waals surface area contributed by atoms with E-state index in [1.165, 1.54) is 6.20 Å². The van der Waals surface area contributed by atoms with Gasteiger partial charge in [0, 0.05) is 39.0 Å². The van der Waals surface area contributed by atoms with Crippen molar-refractivity contribution in [1.29, 1.82) is 0 Å². The van der Waals surface area contributed by atoms with Crippen LogP contribution >= 0.6 is 23.2 Å². The molecule has 0 radical (unpaired) electrons. The summed E-state index contributed by atoms with van der Waals surface area (Å²) in [5, 5.41) is 11.8. The molecule has 5 rings (SSSR count). The zero-order chi connectivity index (χ0) is 23.3. The second-order valence-electron chi connectivity index (χ2n) is 8.47. The summed E-state index contributed by atoms with van der Waals surface area (Å²) in [5.74, 6) is 0.321. The van der Waals surface area contributed by atoms with Gasteiger partial charge in [0.05, 0.1) is 6.20 Å². The number of aromatic nitrogens is 2. The Morgan fingerprint density at radius 3 is 2.70 bits per heavy atom. The number of hydrogen-bond donors (Lipinski definition) is 2. The number of nitrogens with zero attached hydrogens (tertiary/aromatic N) is 2. The number of carbonyl (C=O) groups excluding carboxylic acids is 2. The predicted molar refractivity (Wildman–Crippen MR) is 130 cm³/mol. The third-order valence-corrected chi connectivity index (χ3v) is 6.87. The number of amides is 1. The second kappa shape index (κ2) is 8.36. The molecule has 6 nitrogen and oxygen atoms in total. The largest absolute Gasteiger partial charge is 0.343 e. The molecule has 8 heteroatoms. The van der Waals surface area contributed by atoms with Crippen LogP contribution in [0.4, 0.5) is 11.5 Å². The molecular weight excluding hydrogens is 459 g/mol. The van der Waals surface area contributed by atoms with Gasteiger partial charge in [0.2, 0.25) is 0 Å². The minimum Gasteiger partial charge on any atom is -0.343 e. The maximum absolute atomic E-state index is 13.2. The zero-order valence-corrected chi connectivity index (χ0v) is 19.7. The van der Waals surface area contributed by atoms with Crippen molar-refractivity contribution in [2.75, 3.05) is 10.6 Å². The molecule has 2 N–H and O–H groups in total. The normalized spacial score (nSPS) is 17.3. The smallest absolute Gasteiger partial charge is 0.261 e. The highest BCUT2D eigenvalue weighted by Gasteiger charge is 2.38. The molecule has 1 aliphatic carbocycles. The Balaban J connectivity index is 1.58. The summed E-state index contributed by atoms with van der Waals surface area (Å²) in [4.78, 5) is 26.1. The minimum atomic E-state index is -0.531. The number of fused-ring (bicyclic) bond motifs is 1. The quantitative estimate of drug-likeness (QED) is 0.476. The van der Waals surface area contributed by atoms with Crippen LogP contribution in [0, 0.1) is 13.8 Å². The van der Waals surface area contributed by atoms with Crippen molar-refractivity contribution >= 4 is 46.4 Å². The van der Waals surface area contributed by atoms with Gasteiger partial charge >= 0.3 is 0 Å². The number of Topliss-reactive ketones (excluding diaryl/α,β-unsaturated/α-hetero) is 1. The number of nitrogens with one attached hydrogen (secondary N) is 2. The van der Waals surface area contributed by atoms with Gasteiger partial charge in [-0.1, -0.05) is 35.3 Å². The number of rotatable bonds is 3. The molecule has 0 unspecified atom stereocenters. The lowest BCUT2D eigenvalue weighted by molar-refractivity contribution is -0.116. The van der Waals surface area contributed by atoms with E-state index >= 15 is 0 Å². The summed E-state index contributed by atoms with van der Waals surface area (Å²) in [6, 6.07) is 10.5. The molecule has 33 heavy (non-hydrogen) atoms. The topological polar surface area (TPSA) is 76.0 Å². The van der Waals surface area contributed by atoms with Crippen molar-refractivity contribution in [2.45, 2.75) is 39.2 Å². The Kier molecular flexibility index (Phi) is 5.51. The average Bonchev–Trinajstić information content (AvgIpc) is 3.19. The van der Waals surface area contributed by atoms with Crippen LogP contribution in [-0.4, -0.2) is 21.5 Å². The first-order chi connectivity index (χ1) is 15.8. The number of halogens is 2. The molecule has 168 valence electrons. The first-order valence-corrected chi connectivity index (χ1v) is 11.5. The maximum atomic E-state index is 13.2. The van der Waals surface area contributed by atoms with Gasteiger partial charge in [-0.3, -0.25) is 9.59 Å². The highest BCUT2D eigenvalue weighted by atomic mass is 35.5. The number of aryl methyl sites for hydroxylation is 2. The molecular formula is C25H22Cl2N4O2. The first kappa shape index (κ1) is 21.7. The molecule has 2 aromatic carbocycles. The molecule has 1 atom stereocenters. The van der Waals surface area contributed by atoms with E-state index in [0.29, 0.717) is 45.5 Å². The van der Waals surface area contributed by atoms with Gasteiger partial charge < -0.3 is 10.6 Å². The number of ketones is 1. The molecule has 0 saturated heterocycles. The van der Waals surface area contributed by atoms with Crippen molar-refractivity contribution in [3.05, 3.63) is 86.2 Å². The van der Waals surface area contributed by atoms with E-state index in [0.717, 1.165) is 28.8 Å². The summed E-state index contributed by atoms with van der Waals surface area (Å²) in [7, 11) is 0. The fraction of sp³-hybridized carbons (Fsp3) is 0.240. The van der Waals surface area contributed by atoms with Crippen LogP contribution in [-0.2, 0) is 4.79 Å². The third kappa shape index (κ3) is 3.83. The lowest BCUT2D eigenvalue weighted by Crippen LogP contribution is -2.32. The number of carbonyl (C=O) groups is 2. The lowest BCUT2D eigenvalue weighted by atomic mass is 9.85. The molecule has 1 amide bonds. The molecule has 0 saturated carbocycles. The van der Waals surface area contributed by atoms with Crippen LogP contribution < -0.4 is 10.6 Å². The summed E-state index contributed by atoms with van der Waals surface area (Å²) in [6.45, 7) is 4.03. The van der Waals surface area contributed by atoms with Gasteiger partial charge in [0.1, 0.15) is 17.4 Å². The van der Waals surface area contributed by atoms with E-state index in [1.54, 1.807) is 16.8 Å². The van der Waals surface area contributed by atoms with Crippen molar-refractivity contribution in [3.63, 3.8) is 0 Å². The van der Waals surface area contributed by atoms with E-state index in [2.05, 4.69) is 15.7 Å². The van der Waals surface area contributed by atoms with Crippen LogP contribution in [0.2, 0.25) is 10.0 Å². The van der Waals surface area contributed by atoms with Crippen LogP contribution in [0.3, 0.4) is 0 Å². The van der Waals surface area contributed by atoms with Crippen molar-refractivity contribution in [1.82, 2.24) is 9.78 Å². The molecule has 1 aliphatic heterocycles. The number of allylic oxidation sites excluding steroid dienone is 2. The highest BCUT2D eigenvalue weighted by Crippen LogP contribution is 2.43. The average molecular weight is 481 g/mol. The standard InChI is InChI=1S/C25H22Cl2N4O2/c1-13-6-8-16(10-14(13)2)29-25(33)18-12-28-31-23(17-9-7-15(26)11-19(17)27)22-20(30-24(18)31)4-3-5-21(22)32/h6-12,23,30H,3-5H2,1-2H3,(H,29,33)/t23-/m1/s1. The van der Waals surface area contributed by atoms with Crippen LogP contribution in [0.1, 0.15) is 52.4 Å². The van der Waals surface area contributed by atoms with E-state index in [4.69, 9.17) is 23.2 Å². The molecule has 0 spiro atoms. The van der Waals surface area contributed by atoms with Gasteiger partial charge in [0.15, 0.2) is 5.78 Å². The van der Waals surface area contributed by atoms with Gasteiger partial charge in [-0.25, -0.2) is 4.68 Å². The van der Waals surface area contributed by atoms with Gasteiger partial charge in [0.25, 0.3) is 5.91 Å². The Hall–Kier alpha value is -3.09. The Bertz CT molecular complexity index is 1340. The molecule has 3 aromatic rings. The first-order valence-electron chi connectivity index (χ1n) is 10.8. The third-order valence-electron chi connectivity index (χ3n) is 6.31. The molecule has 0 bridgehead atoms. The molecule has 0 fully saturated rings. The lowest BCUT2D eigenvalue weighted by Gasteiger charge is -2.33. The summed E-state index contributed by atoms with van der Waals surface area (Å²) < 4.78 is 1.67. The van der Waals surface area contributed by atoms with Crippen LogP contribution in [0.25, 0.3) is 0 Å². The minimum absolute atomic E-state index is 0.0575. The van der Waals surface area contributed by atoms with Gasteiger partial charge in [-0.2, -0.15) is 5.10 Å². The summed E-state index contributed by atoms with van der Waals surface area (Å²) >= 11 is 12.7.